The number of carbonyl (C=O) groups is 2. The van der Waals surface area contributed by atoms with Crippen LogP contribution < -0.4 is 20.3 Å². The van der Waals surface area contributed by atoms with Gasteiger partial charge in [0.15, 0.2) is 6.61 Å². The molecule has 2 amide bonds. The van der Waals surface area contributed by atoms with Crippen molar-refractivity contribution >= 4 is 11.8 Å². The van der Waals surface area contributed by atoms with E-state index in [-0.39, 0.29) is 12.7 Å². The van der Waals surface area contributed by atoms with Crippen LogP contribution in [0.1, 0.15) is 30.6 Å². The quantitative estimate of drug-likeness (QED) is 0.533. The first-order chi connectivity index (χ1) is 15.1. The number of para-hydroxylation sites is 1. The average Bonchev–Trinajstić information content (AvgIpc) is 2.82. The fourth-order valence-corrected chi connectivity index (χ4v) is 2.83. The van der Waals surface area contributed by atoms with E-state index < -0.39 is 11.8 Å². The summed E-state index contributed by atoms with van der Waals surface area (Å²) in [6.45, 7) is 3.79. The first kappa shape index (κ1) is 21.9. The third-order valence-electron chi connectivity index (χ3n) is 4.67. The number of hydrazine groups is 1. The smallest absolute Gasteiger partial charge is 0.276 e. The van der Waals surface area contributed by atoms with Crippen LogP contribution in [0.2, 0.25) is 0 Å². The SMILES string of the molecule is CCC(C)Oc1ccc(C(=O)NNC(=O)COc2ccccc2-c2ccccc2)cc1. The normalized spacial score (nSPS) is 11.3. The van der Waals surface area contributed by atoms with E-state index >= 15 is 0 Å². The zero-order chi connectivity index (χ0) is 22.1. The summed E-state index contributed by atoms with van der Waals surface area (Å²) in [7, 11) is 0. The van der Waals surface area contributed by atoms with Gasteiger partial charge in [-0.1, -0.05) is 55.5 Å². The lowest BCUT2D eigenvalue weighted by atomic mass is 10.1. The summed E-state index contributed by atoms with van der Waals surface area (Å²) in [5, 5.41) is 0. The van der Waals surface area contributed by atoms with Crippen molar-refractivity contribution in [3.8, 4) is 22.6 Å². The molecule has 0 spiro atoms. The molecule has 0 fully saturated rings. The standard InChI is InChI=1S/C25H26N2O4/c1-3-18(2)31-21-15-13-20(14-16-21)25(29)27-26-24(28)17-30-23-12-8-7-11-22(23)19-9-5-4-6-10-19/h4-16,18H,3,17H2,1-2H3,(H,26,28)(H,27,29). The number of amides is 2. The van der Waals surface area contributed by atoms with Crippen LogP contribution in [0.25, 0.3) is 11.1 Å². The Bertz CT molecular complexity index is 1000. The average molecular weight is 418 g/mol. The number of carbonyl (C=O) groups excluding carboxylic acids is 2. The van der Waals surface area contributed by atoms with Crippen LogP contribution in [0.5, 0.6) is 11.5 Å². The van der Waals surface area contributed by atoms with Gasteiger partial charge in [0.05, 0.1) is 6.10 Å². The van der Waals surface area contributed by atoms with Crippen molar-refractivity contribution in [1.29, 1.82) is 0 Å². The van der Waals surface area contributed by atoms with Crippen LogP contribution in [0, 0.1) is 0 Å². The third kappa shape index (κ3) is 6.34. The van der Waals surface area contributed by atoms with Crippen molar-refractivity contribution in [2.45, 2.75) is 26.4 Å². The number of ether oxygens (including phenoxy) is 2. The van der Waals surface area contributed by atoms with Crippen LogP contribution in [0.15, 0.2) is 78.9 Å². The van der Waals surface area contributed by atoms with Crippen molar-refractivity contribution in [2.24, 2.45) is 0 Å². The van der Waals surface area contributed by atoms with Gasteiger partial charge in [-0.15, -0.1) is 0 Å². The second-order valence-electron chi connectivity index (χ2n) is 7.01. The lowest BCUT2D eigenvalue weighted by Gasteiger charge is -2.13. The summed E-state index contributed by atoms with van der Waals surface area (Å²) >= 11 is 0. The summed E-state index contributed by atoms with van der Waals surface area (Å²) in [4.78, 5) is 24.4. The first-order valence-corrected chi connectivity index (χ1v) is 10.2. The molecule has 3 rings (SSSR count). The maximum absolute atomic E-state index is 12.2. The highest BCUT2D eigenvalue weighted by molar-refractivity contribution is 5.95. The Labute approximate surface area is 182 Å². The second kappa shape index (κ2) is 10.8. The first-order valence-electron chi connectivity index (χ1n) is 10.2. The molecular formula is C25H26N2O4. The van der Waals surface area contributed by atoms with Crippen LogP contribution in [-0.4, -0.2) is 24.5 Å². The summed E-state index contributed by atoms with van der Waals surface area (Å²) in [5.41, 5.74) is 7.06. The lowest BCUT2D eigenvalue weighted by molar-refractivity contribution is -0.123. The van der Waals surface area contributed by atoms with Crippen LogP contribution in [0.3, 0.4) is 0 Å². The molecule has 0 aliphatic rings. The number of benzene rings is 3. The highest BCUT2D eigenvalue weighted by atomic mass is 16.5. The summed E-state index contributed by atoms with van der Waals surface area (Å²) in [6, 6.07) is 24.0. The predicted octanol–water partition coefficient (Wildman–Crippen LogP) is 4.37. The van der Waals surface area contributed by atoms with Gasteiger partial charge in [0.1, 0.15) is 11.5 Å². The molecule has 0 heterocycles. The molecule has 3 aromatic rings. The predicted molar refractivity (Wildman–Crippen MR) is 120 cm³/mol. The van der Waals surface area contributed by atoms with E-state index in [0.717, 1.165) is 17.5 Å². The van der Waals surface area contributed by atoms with E-state index in [4.69, 9.17) is 9.47 Å². The molecule has 6 nitrogen and oxygen atoms in total. The van der Waals surface area contributed by atoms with E-state index in [1.807, 2.05) is 62.4 Å². The van der Waals surface area contributed by atoms with Crippen molar-refractivity contribution in [1.82, 2.24) is 10.9 Å². The highest BCUT2D eigenvalue weighted by Crippen LogP contribution is 2.29. The minimum atomic E-state index is -0.465. The second-order valence-corrected chi connectivity index (χ2v) is 7.01. The van der Waals surface area contributed by atoms with E-state index in [1.54, 1.807) is 30.3 Å². The molecule has 1 unspecified atom stereocenters. The van der Waals surface area contributed by atoms with Crippen molar-refractivity contribution < 1.29 is 19.1 Å². The van der Waals surface area contributed by atoms with Gasteiger partial charge in [-0.05, 0) is 49.2 Å². The molecule has 160 valence electrons. The van der Waals surface area contributed by atoms with Crippen molar-refractivity contribution in [3.05, 3.63) is 84.4 Å². The number of hydrogen-bond acceptors (Lipinski definition) is 4. The zero-order valence-corrected chi connectivity index (χ0v) is 17.6. The maximum Gasteiger partial charge on any atom is 0.276 e. The third-order valence-corrected chi connectivity index (χ3v) is 4.67. The van der Waals surface area contributed by atoms with Gasteiger partial charge in [0, 0.05) is 11.1 Å². The molecule has 2 N–H and O–H groups in total. The van der Waals surface area contributed by atoms with Gasteiger partial charge >= 0.3 is 0 Å². The molecule has 0 aromatic heterocycles. The maximum atomic E-state index is 12.2. The Morgan fingerprint density at radius 2 is 1.55 bits per heavy atom. The Morgan fingerprint density at radius 3 is 2.26 bits per heavy atom. The topological polar surface area (TPSA) is 76.7 Å². The molecule has 31 heavy (non-hydrogen) atoms. The largest absolute Gasteiger partial charge is 0.491 e. The summed E-state index contributed by atoms with van der Waals surface area (Å²) < 4.78 is 11.4. The molecule has 0 aliphatic heterocycles. The van der Waals surface area contributed by atoms with Gasteiger partial charge in [0.25, 0.3) is 11.8 Å². The van der Waals surface area contributed by atoms with Gasteiger partial charge in [-0.2, -0.15) is 0 Å². The van der Waals surface area contributed by atoms with Gasteiger partial charge in [-0.25, -0.2) is 0 Å². The van der Waals surface area contributed by atoms with Gasteiger partial charge in [0.2, 0.25) is 0 Å². The Morgan fingerprint density at radius 1 is 0.871 bits per heavy atom. The molecule has 0 radical (unpaired) electrons. The molecule has 0 aliphatic carbocycles. The number of nitrogens with one attached hydrogen (secondary N) is 2. The molecule has 3 aromatic carbocycles. The Hall–Kier alpha value is -3.80. The van der Waals surface area contributed by atoms with Gasteiger partial charge < -0.3 is 9.47 Å². The molecular weight excluding hydrogens is 392 g/mol. The molecule has 0 bridgehead atoms. The zero-order valence-electron chi connectivity index (χ0n) is 17.6. The Balaban J connectivity index is 1.50. The molecule has 0 saturated heterocycles. The van der Waals surface area contributed by atoms with Crippen molar-refractivity contribution in [2.75, 3.05) is 6.61 Å². The number of hydrogen-bond donors (Lipinski definition) is 2. The summed E-state index contributed by atoms with van der Waals surface area (Å²) in [5.74, 6) is 0.397. The van der Waals surface area contributed by atoms with Crippen LogP contribution in [-0.2, 0) is 4.79 Å². The Kier molecular flexibility index (Phi) is 7.65. The van der Waals surface area contributed by atoms with E-state index in [2.05, 4.69) is 10.9 Å². The van der Waals surface area contributed by atoms with Crippen molar-refractivity contribution in [3.63, 3.8) is 0 Å². The molecule has 6 heteroatoms. The molecule has 0 saturated carbocycles. The summed E-state index contributed by atoms with van der Waals surface area (Å²) in [6.07, 6.45) is 0.998. The fourth-order valence-electron chi connectivity index (χ4n) is 2.83. The van der Waals surface area contributed by atoms with E-state index in [9.17, 15) is 9.59 Å². The lowest BCUT2D eigenvalue weighted by Crippen LogP contribution is -2.43. The molecule has 1 atom stereocenters. The van der Waals surface area contributed by atoms with E-state index in [0.29, 0.717) is 17.1 Å². The van der Waals surface area contributed by atoms with Crippen LogP contribution in [0.4, 0.5) is 0 Å². The fraction of sp³-hybridized carbons (Fsp3) is 0.200. The van der Waals surface area contributed by atoms with Gasteiger partial charge in [-0.3, -0.25) is 20.4 Å². The van der Waals surface area contributed by atoms with Crippen LogP contribution >= 0.6 is 0 Å². The minimum absolute atomic E-state index is 0.103. The minimum Gasteiger partial charge on any atom is -0.491 e. The van der Waals surface area contributed by atoms with E-state index in [1.165, 1.54) is 0 Å². The monoisotopic (exact) mass is 418 g/mol. The highest BCUT2D eigenvalue weighted by Gasteiger charge is 2.11. The number of rotatable bonds is 8.